The number of nitrogen functional groups attached to an aromatic ring is 1. The number of carbonyl (C=O) groups is 4. The molecule has 3 rings (SSSR count). The summed E-state index contributed by atoms with van der Waals surface area (Å²) in [5.74, 6) is -3.11. The Bertz CT molecular complexity index is 1520. The van der Waals surface area contributed by atoms with Gasteiger partial charge in [-0.05, 0) is 60.4 Å². The standard InChI is InChI=1S/C30H34N6O7/c1-16(2)14-23(28(39)33-12-13-37)35-27(38)18-6-9-20(22(15-18)30(41)42)21-10-11-24(43-3)36-25(21)29(40)34-19-7-4-17(5-8-19)26(31)32/h4-11,15-16,23,37H,12-14H2,1-3H3,(H3,31,32)(H,33,39)(H,34,40)(H,35,38)(H,41,42). The van der Waals surface area contributed by atoms with Gasteiger partial charge in [0.2, 0.25) is 11.8 Å². The third kappa shape index (κ3) is 8.36. The molecule has 0 aliphatic rings. The van der Waals surface area contributed by atoms with E-state index in [1.165, 1.54) is 31.4 Å². The number of nitrogens with one attached hydrogen (secondary N) is 4. The fourth-order valence-electron chi connectivity index (χ4n) is 4.21. The number of hydrogen-bond acceptors (Lipinski definition) is 8. The SMILES string of the molecule is COc1ccc(-c2ccc(C(=O)NC(CC(C)C)C(=O)NCCO)cc2C(=O)O)c(C(=O)Nc2ccc(C(=N)N)cc2)n1. The average molecular weight is 591 g/mol. The summed E-state index contributed by atoms with van der Waals surface area (Å²) in [6, 6.07) is 12.2. The normalized spacial score (nSPS) is 11.4. The summed E-state index contributed by atoms with van der Waals surface area (Å²) in [6.07, 6.45) is 0.320. The molecule has 3 amide bonds. The van der Waals surface area contributed by atoms with Crippen LogP contribution in [0.25, 0.3) is 11.1 Å². The third-order valence-corrected chi connectivity index (χ3v) is 6.29. The molecule has 1 aromatic heterocycles. The molecule has 8 N–H and O–H groups in total. The summed E-state index contributed by atoms with van der Waals surface area (Å²) >= 11 is 0. The van der Waals surface area contributed by atoms with Crippen LogP contribution in [0.1, 0.15) is 57.0 Å². The summed E-state index contributed by atoms with van der Waals surface area (Å²) in [6.45, 7) is 3.53. The Morgan fingerprint density at radius 2 is 1.63 bits per heavy atom. The van der Waals surface area contributed by atoms with Crippen LogP contribution in [0.2, 0.25) is 0 Å². The van der Waals surface area contributed by atoms with E-state index < -0.39 is 29.7 Å². The minimum Gasteiger partial charge on any atom is -0.481 e. The monoisotopic (exact) mass is 590 g/mol. The molecule has 0 bridgehead atoms. The van der Waals surface area contributed by atoms with Crippen LogP contribution in [0.4, 0.5) is 5.69 Å². The Morgan fingerprint density at radius 1 is 0.977 bits per heavy atom. The summed E-state index contributed by atoms with van der Waals surface area (Å²) in [4.78, 5) is 55.6. The fraction of sp³-hybridized carbons (Fsp3) is 0.267. The van der Waals surface area contributed by atoms with Gasteiger partial charge in [0, 0.05) is 35.0 Å². The van der Waals surface area contributed by atoms with Crippen molar-refractivity contribution in [2.24, 2.45) is 11.7 Å². The number of amidine groups is 1. The van der Waals surface area contributed by atoms with Crippen LogP contribution in [-0.2, 0) is 4.79 Å². The van der Waals surface area contributed by atoms with E-state index in [2.05, 4.69) is 20.9 Å². The van der Waals surface area contributed by atoms with Gasteiger partial charge in [-0.15, -0.1) is 0 Å². The number of nitrogens with two attached hydrogens (primary N) is 1. The largest absolute Gasteiger partial charge is 0.481 e. The number of nitrogens with zero attached hydrogens (tertiary/aromatic N) is 1. The van der Waals surface area contributed by atoms with Gasteiger partial charge in [-0.2, -0.15) is 0 Å². The zero-order valence-electron chi connectivity index (χ0n) is 23.9. The molecule has 0 radical (unpaired) electrons. The maximum Gasteiger partial charge on any atom is 0.336 e. The van der Waals surface area contributed by atoms with Crippen molar-refractivity contribution < 1.29 is 34.1 Å². The third-order valence-electron chi connectivity index (χ3n) is 6.29. The van der Waals surface area contributed by atoms with Crippen molar-refractivity contribution in [1.82, 2.24) is 15.6 Å². The maximum absolute atomic E-state index is 13.3. The first-order valence-electron chi connectivity index (χ1n) is 13.3. The number of aliphatic hydroxyl groups is 1. The second kappa shape index (κ2) is 14.5. The lowest BCUT2D eigenvalue weighted by molar-refractivity contribution is -0.123. The van der Waals surface area contributed by atoms with E-state index in [-0.39, 0.29) is 58.7 Å². The number of aromatic nitrogens is 1. The van der Waals surface area contributed by atoms with Gasteiger partial charge in [0.15, 0.2) is 0 Å². The number of rotatable bonds is 13. The second-order valence-electron chi connectivity index (χ2n) is 9.93. The Balaban J connectivity index is 1.98. The van der Waals surface area contributed by atoms with Gasteiger partial charge in [0.1, 0.15) is 17.6 Å². The number of anilines is 1. The van der Waals surface area contributed by atoms with Gasteiger partial charge in [0.25, 0.3) is 11.8 Å². The van der Waals surface area contributed by atoms with Crippen molar-refractivity contribution in [1.29, 1.82) is 5.41 Å². The van der Waals surface area contributed by atoms with E-state index in [9.17, 15) is 24.3 Å². The van der Waals surface area contributed by atoms with Crippen molar-refractivity contribution in [3.05, 3.63) is 77.0 Å². The Kier molecular flexibility index (Phi) is 10.9. The number of amides is 3. The molecule has 13 nitrogen and oxygen atoms in total. The molecule has 2 aromatic carbocycles. The van der Waals surface area contributed by atoms with Crippen molar-refractivity contribution in [3.8, 4) is 17.0 Å². The highest BCUT2D eigenvalue weighted by atomic mass is 16.5. The smallest absolute Gasteiger partial charge is 0.336 e. The number of pyridine rings is 1. The van der Waals surface area contributed by atoms with Crippen LogP contribution in [0, 0.1) is 11.3 Å². The predicted octanol–water partition coefficient (Wildman–Crippen LogP) is 2.24. The minimum atomic E-state index is -1.36. The highest BCUT2D eigenvalue weighted by Gasteiger charge is 2.25. The zero-order chi connectivity index (χ0) is 31.7. The molecule has 3 aromatic rings. The van der Waals surface area contributed by atoms with E-state index in [0.29, 0.717) is 17.7 Å². The number of hydrogen-bond donors (Lipinski definition) is 7. The molecule has 1 atom stereocenters. The highest BCUT2D eigenvalue weighted by molar-refractivity contribution is 6.10. The molecule has 0 spiro atoms. The van der Waals surface area contributed by atoms with E-state index in [4.69, 9.17) is 21.0 Å². The Morgan fingerprint density at radius 3 is 2.21 bits per heavy atom. The van der Waals surface area contributed by atoms with E-state index in [0.717, 1.165) is 6.07 Å². The van der Waals surface area contributed by atoms with E-state index >= 15 is 0 Å². The summed E-state index contributed by atoms with van der Waals surface area (Å²) in [7, 11) is 1.37. The lowest BCUT2D eigenvalue weighted by Crippen LogP contribution is -2.48. The molecule has 13 heteroatoms. The first-order chi connectivity index (χ1) is 20.4. The van der Waals surface area contributed by atoms with Gasteiger partial charge >= 0.3 is 5.97 Å². The topological polar surface area (TPSA) is 217 Å². The van der Waals surface area contributed by atoms with Gasteiger partial charge in [-0.25, -0.2) is 9.78 Å². The van der Waals surface area contributed by atoms with E-state index in [1.54, 1.807) is 24.3 Å². The Hall–Kier alpha value is -5.30. The highest BCUT2D eigenvalue weighted by Crippen LogP contribution is 2.30. The van der Waals surface area contributed by atoms with Crippen LogP contribution < -0.4 is 26.4 Å². The lowest BCUT2D eigenvalue weighted by Gasteiger charge is -2.20. The first kappa shape index (κ1) is 32.2. The van der Waals surface area contributed by atoms with Crippen LogP contribution in [0.5, 0.6) is 5.88 Å². The summed E-state index contributed by atoms with van der Waals surface area (Å²) in [5.41, 5.74) is 6.21. The van der Waals surface area contributed by atoms with Gasteiger partial charge in [-0.3, -0.25) is 19.8 Å². The molecule has 0 aliphatic heterocycles. The quantitative estimate of drug-likeness (QED) is 0.115. The van der Waals surface area contributed by atoms with Gasteiger partial charge < -0.3 is 36.6 Å². The molecule has 226 valence electrons. The lowest BCUT2D eigenvalue weighted by atomic mass is 9.95. The number of methoxy groups -OCH3 is 1. The van der Waals surface area contributed by atoms with Crippen molar-refractivity contribution in [2.75, 3.05) is 25.6 Å². The average Bonchev–Trinajstić information content (AvgIpc) is 2.98. The molecule has 0 saturated heterocycles. The van der Waals surface area contributed by atoms with Crippen molar-refractivity contribution in [2.45, 2.75) is 26.3 Å². The minimum absolute atomic E-state index is 0.0112. The molecule has 0 saturated carbocycles. The zero-order valence-corrected chi connectivity index (χ0v) is 23.9. The summed E-state index contributed by atoms with van der Waals surface area (Å²) < 4.78 is 5.18. The first-order valence-corrected chi connectivity index (χ1v) is 13.3. The second-order valence-corrected chi connectivity index (χ2v) is 9.93. The molecular weight excluding hydrogens is 556 g/mol. The number of benzene rings is 2. The van der Waals surface area contributed by atoms with Crippen molar-refractivity contribution in [3.63, 3.8) is 0 Å². The predicted molar refractivity (Wildman–Crippen MR) is 159 cm³/mol. The number of ether oxygens (including phenoxy) is 1. The fourth-order valence-corrected chi connectivity index (χ4v) is 4.21. The van der Waals surface area contributed by atoms with Gasteiger partial charge in [-0.1, -0.05) is 19.9 Å². The van der Waals surface area contributed by atoms with Crippen LogP contribution in [0.15, 0.2) is 54.6 Å². The number of aromatic carboxylic acids is 1. The maximum atomic E-state index is 13.3. The van der Waals surface area contributed by atoms with E-state index in [1.807, 2.05) is 13.8 Å². The van der Waals surface area contributed by atoms with Crippen LogP contribution in [-0.4, -0.2) is 71.0 Å². The number of carboxylic acids is 1. The Labute approximate surface area is 248 Å². The molecule has 0 aliphatic carbocycles. The number of aliphatic hydroxyl groups excluding tert-OH is 1. The molecule has 43 heavy (non-hydrogen) atoms. The number of carboxylic acid groups (broad SMARTS) is 1. The molecule has 0 fully saturated rings. The molecular formula is C30H34N6O7. The van der Waals surface area contributed by atoms with Crippen molar-refractivity contribution >= 4 is 35.2 Å². The molecule has 1 heterocycles. The summed E-state index contributed by atoms with van der Waals surface area (Å²) in [5, 5.41) is 34.5. The van der Waals surface area contributed by atoms with Crippen LogP contribution in [0.3, 0.4) is 0 Å². The molecule has 1 unspecified atom stereocenters. The van der Waals surface area contributed by atoms with Crippen LogP contribution >= 0.6 is 0 Å². The number of carbonyl (C=O) groups excluding carboxylic acids is 3. The van der Waals surface area contributed by atoms with Gasteiger partial charge in [0.05, 0.1) is 19.3 Å².